The number of hydrogen-bond donors (Lipinski definition) is 1. The van der Waals surface area contributed by atoms with Crippen LogP contribution in [0.1, 0.15) is 47.1 Å². The van der Waals surface area contributed by atoms with Crippen molar-refractivity contribution >= 4 is 40.4 Å². The second kappa shape index (κ2) is 10.8. The number of fused-ring (bicyclic) bond motifs is 3. The van der Waals surface area contributed by atoms with E-state index in [1.807, 2.05) is 20.8 Å². The monoisotopic (exact) mass is 619 g/mol. The Morgan fingerprint density at radius 3 is 2.24 bits per heavy atom. The van der Waals surface area contributed by atoms with Crippen LogP contribution >= 0.6 is 0 Å². The number of likely N-dealkylation sites (tertiary alicyclic amines) is 1. The minimum atomic E-state index is -0.696. The molecule has 1 saturated carbocycles. The molecule has 0 spiro atoms. The number of carbonyl (C=O) groups excluding carboxylic acids is 3. The number of carbonyl (C=O) groups is 3. The summed E-state index contributed by atoms with van der Waals surface area (Å²) in [5.41, 5.74) is 0.568. The minimum absolute atomic E-state index is 0.0855. The Kier molecular flexibility index (Phi) is 7.36. The molecule has 3 aromatic rings. The molecule has 1 aliphatic carbocycles. The molecule has 0 bridgehead atoms. The molecule has 2 fully saturated rings. The lowest BCUT2D eigenvalue weighted by molar-refractivity contribution is -0.118. The average Bonchev–Trinajstić information content (AvgIpc) is 3.44. The van der Waals surface area contributed by atoms with Gasteiger partial charge < -0.3 is 24.4 Å². The van der Waals surface area contributed by atoms with Crippen molar-refractivity contribution in [2.24, 2.45) is 17.8 Å². The van der Waals surface area contributed by atoms with Crippen molar-refractivity contribution in [2.45, 2.75) is 59.7 Å². The first-order chi connectivity index (χ1) is 21.1. The third kappa shape index (κ3) is 6.10. The van der Waals surface area contributed by atoms with E-state index in [9.17, 15) is 14.4 Å². The quantitative estimate of drug-likeness (QED) is 0.383. The maximum absolute atomic E-state index is 15.5. The van der Waals surface area contributed by atoms with Gasteiger partial charge in [0.25, 0.3) is 0 Å². The zero-order chi connectivity index (χ0) is 32.4. The number of nitrogens with zero attached hydrogens (tertiary/aromatic N) is 4. The predicted molar refractivity (Wildman–Crippen MR) is 166 cm³/mol. The Labute approximate surface area is 261 Å². The fourth-order valence-corrected chi connectivity index (χ4v) is 6.15. The fraction of sp³-hybridized carbons (Fsp3) is 0.485. The number of rotatable bonds is 3. The fourth-order valence-electron chi connectivity index (χ4n) is 6.15. The molecule has 6 rings (SSSR count). The van der Waals surface area contributed by atoms with E-state index in [2.05, 4.69) is 15.3 Å². The minimum Gasteiger partial charge on any atom is -0.474 e. The second-order valence-corrected chi connectivity index (χ2v) is 13.9. The summed E-state index contributed by atoms with van der Waals surface area (Å²) in [6, 6.07) is 4.78. The van der Waals surface area contributed by atoms with Crippen LogP contribution in [-0.2, 0) is 14.3 Å². The molecule has 1 unspecified atom stereocenters. The van der Waals surface area contributed by atoms with Crippen LogP contribution in [0.4, 0.5) is 25.5 Å². The van der Waals surface area contributed by atoms with Gasteiger partial charge in [-0.05, 0) is 89.5 Å². The maximum atomic E-state index is 15.5. The summed E-state index contributed by atoms with van der Waals surface area (Å²) in [7, 11) is 0. The van der Waals surface area contributed by atoms with Crippen LogP contribution in [0.5, 0.6) is 5.88 Å². The van der Waals surface area contributed by atoms with Crippen LogP contribution in [0.2, 0.25) is 0 Å². The first-order valence-corrected chi connectivity index (χ1v) is 15.1. The largest absolute Gasteiger partial charge is 0.474 e. The van der Waals surface area contributed by atoms with Crippen molar-refractivity contribution in [3.05, 3.63) is 42.0 Å². The topological polar surface area (TPSA) is 123 Å². The smallest absolute Gasteiger partial charge is 0.415 e. The second-order valence-electron chi connectivity index (χ2n) is 13.9. The molecule has 2 aliphatic heterocycles. The highest BCUT2D eigenvalue weighted by Crippen LogP contribution is 2.52. The standard InChI is InChI=1S/C33H38FN5O6/c1-17-21(14-36-29-27(17)39(8-9-43-29)31(42)45-33(5,6)7)20-10-18-12-25(35-13-19(18)11-24(20)34)37-28(40)26-22-15-38(16-23(22)26)30(41)44-32(2,3)4/h10-14,22-23,26H,8-9,15-16H2,1-7H3,(H,35,37,40)/t22-,23+,26?. The number of hydrogen-bond acceptors (Lipinski definition) is 8. The van der Waals surface area contributed by atoms with Gasteiger partial charge in [-0.3, -0.25) is 9.69 Å². The van der Waals surface area contributed by atoms with E-state index in [-0.39, 0.29) is 54.3 Å². The maximum Gasteiger partial charge on any atom is 0.415 e. The van der Waals surface area contributed by atoms with Gasteiger partial charge in [-0.25, -0.2) is 23.9 Å². The predicted octanol–water partition coefficient (Wildman–Crippen LogP) is 5.93. The normalized spacial score (nSPS) is 20.7. The Morgan fingerprint density at radius 1 is 0.911 bits per heavy atom. The summed E-state index contributed by atoms with van der Waals surface area (Å²) in [6.07, 6.45) is 2.17. The Hall–Kier alpha value is -4.48. The molecule has 3 atom stereocenters. The summed E-state index contributed by atoms with van der Waals surface area (Å²) in [5, 5.41) is 4.13. The van der Waals surface area contributed by atoms with E-state index in [0.29, 0.717) is 46.5 Å². The molecule has 11 nitrogen and oxygen atoms in total. The van der Waals surface area contributed by atoms with Crippen molar-refractivity contribution in [3.8, 4) is 17.0 Å². The Bertz CT molecular complexity index is 1700. The number of benzene rings is 1. The van der Waals surface area contributed by atoms with Crippen molar-refractivity contribution in [2.75, 3.05) is 36.5 Å². The number of amides is 3. The van der Waals surface area contributed by atoms with Gasteiger partial charge in [-0.2, -0.15) is 0 Å². The van der Waals surface area contributed by atoms with Gasteiger partial charge in [0.15, 0.2) is 0 Å². The molecule has 3 amide bonds. The molecular weight excluding hydrogens is 581 g/mol. The summed E-state index contributed by atoms with van der Waals surface area (Å²) in [4.78, 5) is 50.4. The van der Waals surface area contributed by atoms with Crippen LogP contribution in [-0.4, -0.2) is 70.4 Å². The third-order valence-electron chi connectivity index (χ3n) is 8.21. The van der Waals surface area contributed by atoms with Crippen molar-refractivity contribution in [3.63, 3.8) is 0 Å². The highest BCUT2D eigenvalue weighted by molar-refractivity contribution is 5.98. The molecule has 0 radical (unpaired) electrons. The summed E-state index contributed by atoms with van der Waals surface area (Å²) in [6.45, 7) is 14.1. The van der Waals surface area contributed by atoms with Gasteiger partial charge in [0, 0.05) is 47.9 Å². The van der Waals surface area contributed by atoms with Gasteiger partial charge >= 0.3 is 12.2 Å². The molecule has 1 N–H and O–H groups in total. The highest BCUT2D eigenvalue weighted by atomic mass is 19.1. The zero-order valence-electron chi connectivity index (χ0n) is 26.6. The molecule has 45 heavy (non-hydrogen) atoms. The van der Waals surface area contributed by atoms with E-state index in [0.717, 1.165) is 0 Å². The Morgan fingerprint density at radius 2 is 1.58 bits per heavy atom. The molecule has 4 heterocycles. The molecule has 2 aromatic heterocycles. The average molecular weight is 620 g/mol. The van der Waals surface area contributed by atoms with E-state index < -0.39 is 23.1 Å². The van der Waals surface area contributed by atoms with Crippen LogP contribution in [0, 0.1) is 30.5 Å². The highest BCUT2D eigenvalue weighted by Gasteiger charge is 2.60. The number of pyridine rings is 2. The lowest BCUT2D eigenvalue weighted by atomic mass is 9.98. The van der Waals surface area contributed by atoms with Crippen LogP contribution < -0.4 is 15.0 Å². The number of aromatic nitrogens is 2. The number of anilines is 2. The van der Waals surface area contributed by atoms with Crippen LogP contribution in [0.3, 0.4) is 0 Å². The lowest BCUT2D eigenvalue weighted by Crippen LogP contribution is -2.42. The van der Waals surface area contributed by atoms with Gasteiger partial charge in [0.05, 0.1) is 6.54 Å². The molecule has 12 heteroatoms. The summed E-state index contributed by atoms with van der Waals surface area (Å²) in [5.74, 6) is -0.0347. The Balaban J connectivity index is 1.21. The van der Waals surface area contributed by atoms with Gasteiger partial charge in [-0.1, -0.05) is 0 Å². The van der Waals surface area contributed by atoms with E-state index in [4.69, 9.17) is 14.2 Å². The van der Waals surface area contributed by atoms with E-state index in [1.54, 1.807) is 44.7 Å². The van der Waals surface area contributed by atoms with Crippen molar-refractivity contribution in [1.82, 2.24) is 14.9 Å². The van der Waals surface area contributed by atoms with Crippen molar-refractivity contribution < 1.29 is 33.0 Å². The number of halogens is 1. The molecule has 1 saturated heterocycles. The molecule has 1 aromatic carbocycles. The van der Waals surface area contributed by atoms with E-state index in [1.165, 1.54) is 23.4 Å². The molecular formula is C33H38FN5O6. The lowest BCUT2D eigenvalue weighted by Gasteiger charge is -2.32. The number of nitrogens with one attached hydrogen (secondary N) is 1. The molecule has 3 aliphatic rings. The third-order valence-corrected chi connectivity index (χ3v) is 8.21. The number of piperidine rings is 1. The van der Waals surface area contributed by atoms with Crippen LogP contribution in [0.25, 0.3) is 21.9 Å². The molecule has 238 valence electrons. The summed E-state index contributed by atoms with van der Waals surface area (Å²) < 4.78 is 32.3. The van der Waals surface area contributed by atoms with Gasteiger partial charge in [0.1, 0.15) is 35.1 Å². The SMILES string of the molecule is Cc1c(-c2cc3cc(NC(=O)C4[C@H]5CN(C(=O)OC(C)(C)C)C[C@@H]45)ncc3cc2F)cnc2c1N(C(=O)OC(C)(C)C)CCO2. The van der Waals surface area contributed by atoms with Gasteiger partial charge in [0.2, 0.25) is 11.8 Å². The van der Waals surface area contributed by atoms with E-state index >= 15 is 4.39 Å². The zero-order valence-corrected chi connectivity index (χ0v) is 26.6. The van der Waals surface area contributed by atoms with Gasteiger partial charge in [-0.15, -0.1) is 0 Å². The first kappa shape index (κ1) is 30.5. The van der Waals surface area contributed by atoms with Crippen LogP contribution in [0.15, 0.2) is 30.6 Å². The number of ether oxygens (including phenoxy) is 3. The first-order valence-electron chi connectivity index (χ1n) is 15.1. The van der Waals surface area contributed by atoms with Crippen molar-refractivity contribution in [1.29, 1.82) is 0 Å². The summed E-state index contributed by atoms with van der Waals surface area (Å²) >= 11 is 0.